The smallest absolute Gasteiger partial charge is 0.133 e. The number of aryl methyl sites for hydroxylation is 2. The van der Waals surface area contributed by atoms with Crippen molar-refractivity contribution in [2.24, 2.45) is 0 Å². The molecule has 1 aromatic carbocycles. The van der Waals surface area contributed by atoms with Crippen molar-refractivity contribution in [2.45, 2.75) is 44.9 Å². The van der Waals surface area contributed by atoms with E-state index in [0.29, 0.717) is 0 Å². The van der Waals surface area contributed by atoms with Crippen LogP contribution in [0.15, 0.2) is 29.3 Å². The highest BCUT2D eigenvalue weighted by Gasteiger charge is 2.11. The quantitative estimate of drug-likeness (QED) is 0.634. The van der Waals surface area contributed by atoms with Gasteiger partial charge in [-0.15, -0.1) is 11.8 Å². The van der Waals surface area contributed by atoms with Gasteiger partial charge < -0.3 is 5.32 Å². The van der Waals surface area contributed by atoms with Crippen molar-refractivity contribution < 1.29 is 0 Å². The van der Waals surface area contributed by atoms with E-state index < -0.39 is 0 Å². The molecule has 0 aliphatic carbocycles. The normalized spacial score (nSPS) is 10.7. The molecule has 0 amide bonds. The molecule has 1 N–H and O–H groups in total. The SMILES string of the molecule is CCNc1nc(CC)nc(SCc2ccccc2C)c1C. The summed E-state index contributed by atoms with van der Waals surface area (Å²) in [6, 6.07) is 8.52. The predicted molar refractivity (Wildman–Crippen MR) is 91.1 cm³/mol. The Morgan fingerprint density at radius 1 is 1.10 bits per heavy atom. The predicted octanol–water partition coefficient (Wildman–Crippen LogP) is 4.38. The first-order valence-corrected chi connectivity index (χ1v) is 8.43. The van der Waals surface area contributed by atoms with E-state index >= 15 is 0 Å². The second-order valence-electron chi connectivity index (χ2n) is 5.02. The van der Waals surface area contributed by atoms with E-state index in [-0.39, 0.29) is 0 Å². The molecular weight excluding hydrogens is 278 g/mol. The standard InChI is InChI=1S/C17H23N3S/c1-5-15-19-16(18-6-2)13(4)17(20-15)21-11-14-10-8-7-9-12(14)3/h7-10H,5-6,11H2,1-4H3,(H,18,19,20). The third kappa shape index (κ3) is 3.97. The van der Waals surface area contributed by atoms with Crippen molar-refractivity contribution in [3.05, 3.63) is 46.8 Å². The summed E-state index contributed by atoms with van der Waals surface area (Å²) >= 11 is 1.79. The van der Waals surface area contributed by atoms with E-state index in [0.717, 1.165) is 41.0 Å². The highest BCUT2D eigenvalue weighted by Crippen LogP contribution is 2.28. The Bertz CT molecular complexity index is 611. The van der Waals surface area contributed by atoms with E-state index in [1.54, 1.807) is 11.8 Å². The minimum Gasteiger partial charge on any atom is -0.370 e. The van der Waals surface area contributed by atoms with Crippen LogP contribution in [0.3, 0.4) is 0 Å². The van der Waals surface area contributed by atoms with Crippen molar-refractivity contribution in [3.8, 4) is 0 Å². The molecule has 0 saturated carbocycles. The van der Waals surface area contributed by atoms with E-state index in [1.165, 1.54) is 11.1 Å². The molecule has 112 valence electrons. The number of aromatic nitrogens is 2. The van der Waals surface area contributed by atoms with Crippen LogP contribution in [0.1, 0.15) is 36.4 Å². The molecule has 0 unspecified atom stereocenters. The zero-order valence-corrected chi connectivity index (χ0v) is 14.0. The number of benzene rings is 1. The number of hydrogen-bond donors (Lipinski definition) is 1. The van der Waals surface area contributed by atoms with E-state index in [1.807, 2.05) is 0 Å². The molecule has 0 radical (unpaired) electrons. The molecule has 3 nitrogen and oxygen atoms in total. The lowest BCUT2D eigenvalue weighted by Gasteiger charge is -2.13. The highest BCUT2D eigenvalue weighted by molar-refractivity contribution is 7.98. The number of anilines is 1. The zero-order chi connectivity index (χ0) is 15.2. The summed E-state index contributed by atoms with van der Waals surface area (Å²) in [5.41, 5.74) is 3.84. The fourth-order valence-electron chi connectivity index (χ4n) is 2.10. The van der Waals surface area contributed by atoms with Gasteiger partial charge in [-0.25, -0.2) is 9.97 Å². The minimum atomic E-state index is 0.858. The maximum Gasteiger partial charge on any atom is 0.133 e. The van der Waals surface area contributed by atoms with Gasteiger partial charge in [0.2, 0.25) is 0 Å². The maximum atomic E-state index is 4.69. The summed E-state index contributed by atoms with van der Waals surface area (Å²) in [6.07, 6.45) is 0.858. The number of hydrogen-bond acceptors (Lipinski definition) is 4. The van der Waals surface area contributed by atoms with Gasteiger partial charge in [0.15, 0.2) is 0 Å². The van der Waals surface area contributed by atoms with Crippen molar-refractivity contribution in [1.82, 2.24) is 9.97 Å². The Morgan fingerprint density at radius 2 is 1.86 bits per heavy atom. The van der Waals surface area contributed by atoms with Gasteiger partial charge in [0, 0.05) is 24.3 Å². The van der Waals surface area contributed by atoms with Gasteiger partial charge in [0.25, 0.3) is 0 Å². The van der Waals surface area contributed by atoms with Gasteiger partial charge in [0.05, 0.1) is 0 Å². The average Bonchev–Trinajstić information content (AvgIpc) is 2.49. The highest BCUT2D eigenvalue weighted by atomic mass is 32.2. The van der Waals surface area contributed by atoms with Crippen molar-refractivity contribution in [1.29, 1.82) is 0 Å². The largest absolute Gasteiger partial charge is 0.370 e. The molecule has 0 fully saturated rings. The molecule has 0 aliphatic heterocycles. The van der Waals surface area contributed by atoms with Crippen LogP contribution in [-0.4, -0.2) is 16.5 Å². The van der Waals surface area contributed by atoms with Crippen molar-refractivity contribution in [2.75, 3.05) is 11.9 Å². The fraction of sp³-hybridized carbons (Fsp3) is 0.412. The summed E-state index contributed by atoms with van der Waals surface area (Å²) in [7, 11) is 0. The molecular formula is C17H23N3S. The Morgan fingerprint density at radius 3 is 2.52 bits per heavy atom. The van der Waals surface area contributed by atoms with Crippen LogP contribution in [-0.2, 0) is 12.2 Å². The Balaban J connectivity index is 2.22. The first-order valence-electron chi connectivity index (χ1n) is 7.44. The maximum absolute atomic E-state index is 4.69. The zero-order valence-electron chi connectivity index (χ0n) is 13.2. The molecule has 0 atom stereocenters. The fourth-order valence-corrected chi connectivity index (χ4v) is 3.20. The monoisotopic (exact) mass is 301 g/mol. The van der Waals surface area contributed by atoms with E-state index in [9.17, 15) is 0 Å². The van der Waals surface area contributed by atoms with Crippen molar-refractivity contribution in [3.63, 3.8) is 0 Å². The van der Waals surface area contributed by atoms with Crippen LogP contribution >= 0.6 is 11.8 Å². The van der Waals surface area contributed by atoms with E-state index in [4.69, 9.17) is 4.98 Å². The topological polar surface area (TPSA) is 37.8 Å². The lowest BCUT2D eigenvalue weighted by Crippen LogP contribution is -2.07. The van der Waals surface area contributed by atoms with Gasteiger partial charge in [-0.2, -0.15) is 0 Å². The molecule has 21 heavy (non-hydrogen) atoms. The summed E-state index contributed by atoms with van der Waals surface area (Å²) in [5, 5.41) is 4.42. The number of thioether (sulfide) groups is 1. The number of nitrogens with zero attached hydrogens (tertiary/aromatic N) is 2. The van der Waals surface area contributed by atoms with Gasteiger partial charge in [-0.05, 0) is 31.9 Å². The van der Waals surface area contributed by atoms with Gasteiger partial charge in [-0.1, -0.05) is 31.2 Å². The molecule has 0 saturated heterocycles. The summed E-state index contributed by atoms with van der Waals surface area (Å²) in [5.74, 6) is 2.82. The molecule has 0 aliphatic rings. The summed E-state index contributed by atoms with van der Waals surface area (Å²) in [4.78, 5) is 9.27. The van der Waals surface area contributed by atoms with Crippen LogP contribution < -0.4 is 5.32 Å². The first kappa shape index (κ1) is 15.8. The van der Waals surface area contributed by atoms with Gasteiger partial charge in [-0.3, -0.25) is 0 Å². The molecule has 2 rings (SSSR count). The minimum absolute atomic E-state index is 0.858. The summed E-state index contributed by atoms with van der Waals surface area (Å²) < 4.78 is 0. The van der Waals surface area contributed by atoms with Crippen LogP contribution in [0.25, 0.3) is 0 Å². The molecule has 1 heterocycles. The Kier molecular flexibility index (Phi) is 5.62. The molecule has 4 heteroatoms. The van der Waals surface area contributed by atoms with Crippen LogP contribution in [0, 0.1) is 13.8 Å². The second-order valence-corrected chi connectivity index (χ2v) is 5.98. The van der Waals surface area contributed by atoms with Crippen LogP contribution in [0.4, 0.5) is 5.82 Å². The third-order valence-electron chi connectivity index (χ3n) is 3.43. The van der Waals surface area contributed by atoms with Crippen LogP contribution in [0.2, 0.25) is 0 Å². The average molecular weight is 301 g/mol. The van der Waals surface area contributed by atoms with Crippen molar-refractivity contribution >= 4 is 17.6 Å². The Labute approximate surface area is 131 Å². The Hall–Kier alpha value is -1.55. The molecule has 0 spiro atoms. The van der Waals surface area contributed by atoms with Gasteiger partial charge in [0.1, 0.15) is 16.7 Å². The second kappa shape index (κ2) is 7.46. The lowest BCUT2D eigenvalue weighted by molar-refractivity contribution is 0.870. The number of rotatable bonds is 6. The third-order valence-corrected chi connectivity index (χ3v) is 4.56. The lowest BCUT2D eigenvalue weighted by atomic mass is 10.1. The molecule has 2 aromatic rings. The van der Waals surface area contributed by atoms with Crippen LogP contribution in [0.5, 0.6) is 0 Å². The van der Waals surface area contributed by atoms with E-state index in [2.05, 4.69) is 62.3 Å². The molecule has 0 bridgehead atoms. The first-order chi connectivity index (χ1) is 10.2. The number of nitrogens with one attached hydrogen (secondary N) is 1. The summed E-state index contributed by atoms with van der Waals surface area (Å²) in [6.45, 7) is 9.31. The van der Waals surface area contributed by atoms with Gasteiger partial charge >= 0.3 is 0 Å². The molecule has 1 aromatic heterocycles.